The van der Waals surface area contributed by atoms with Crippen molar-refractivity contribution in [1.29, 1.82) is 0 Å². The van der Waals surface area contributed by atoms with Crippen molar-refractivity contribution in [3.05, 3.63) is 11.6 Å². The van der Waals surface area contributed by atoms with Gasteiger partial charge in [0.2, 0.25) is 5.78 Å². The van der Waals surface area contributed by atoms with Crippen molar-refractivity contribution in [2.24, 2.45) is 5.92 Å². The summed E-state index contributed by atoms with van der Waals surface area (Å²) in [4.78, 5) is 10.9. The lowest BCUT2D eigenvalue weighted by Crippen LogP contribution is -2.29. The smallest absolute Gasteiger partial charge is 0.289 e. The maximum atomic E-state index is 12.0. The van der Waals surface area contributed by atoms with Crippen molar-refractivity contribution in [2.75, 3.05) is 0 Å². The van der Waals surface area contributed by atoms with E-state index in [4.69, 9.17) is 0 Å². The maximum Gasteiger partial charge on any atom is 0.450 e. The Labute approximate surface area is 82.0 Å². The van der Waals surface area contributed by atoms with Gasteiger partial charge in [0.05, 0.1) is 0 Å². The summed E-state index contributed by atoms with van der Waals surface area (Å²) >= 11 is 0. The molecule has 0 aromatic rings. The van der Waals surface area contributed by atoms with E-state index in [9.17, 15) is 18.0 Å². The summed E-state index contributed by atoms with van der Waals surface area (Å²) in [5, 5.41) is 0. The number of hydrogen-bond donors (Lipinski definition) is 0. The van der Waals surface area contributed by atoms with Crippen LogP contribution in [0.2, 0.25) is 0 Å². The third kappa shape index (κ3) is 4.44. The molecule has 0 heterocycles. The molecule has 0 aromatic carbocycles. The highest BCUT2D eigenvalue weighted by atomic mass is 19.4. The molecule has 0 saturated heterocycles. The molecular formula is C10H15F3O. The van der Waals surface area contributed by atoms with Crippen LogP contribution in [-0.4, -0.2) is 12.0 Å². The summed E-state index contributed by atoms with van der Waals surface area (Å²) in [6.45, 7) is 5.18. The zero-order chi connectivity index (χ0) is 11.4. The van der Waals surface area contributed by atoms with Gasteiger partial charge in [-0.1, -0.05) is 18.6 Å². The Kier molecular flexibility index (Phi) is 4.88. The van der Waals surface area contributed by atoms with Crippen molar-refractivity contribution in [2.45, 2.75) is 39.8 Å². The third-order valence-electron chi connectivity index (χ3n) is 1.95. The summed E-state index contributed by atoms with van der Waals surface area (Å²) in [7, 11) is 0. The van der Waals surface area contributed by atoms with Gasteiger partial charge in [0.1, 0.15) is 0 Å². The number of rotatable bonds is 4. The molecule has 0 amide bonds. The molecule has 0 fully saturated rings. The molecule has 0 aliphatic rings. The maximum absolute atomic E-state index is 12.0. The minimum absolute atomic E-state index is 0.178. The first-order valence-corrected chi connectivity index (χ1v) is 4.53. The molecule has 0 aromatic heterocycles. The quantitative estimate of drug-likeness (QED) is 0.646. The number of Topliss-reactive ketones (excluding diaryl/α,β-unsaturated/α-hetero) is 1. The predicted molar refractivity (Wildman–Crippen MR) is 48.9 cm³/mol. The molecule has 0 radical (unpaired) electrons. The highest BCUT2D eigenvalue weighted by molar-refractivity contribution is 5.86. The first kappa shape index (κ1) is 13.2. The molecule has 0 spiro atoms. The Morgan fingerprint density at radius 3 is 2.14 bits per heavy atom. The van der Waals surface area contributed by atoms with E-state index in [2.05, 4.69) is 0 Å². The molecule has 0 aliphatic carbocycles. The summed E-state index contributed by atoms with van der Waals surface area (Å²) in [6, 6.07) is 0. The van der Waals surface area contributed by atoms with Gasteiger partial charge in [-0.3, -0.25) is 4.79 Å². The lowest BCUT2D eigenvalue weighted by Gasteiger charge is -2.13. The van der Waals surface area contributed by atoms with E-state index < -0.39 is 17.9 Å². The van der Waals surface area contributed by atoms with Crippen LogP contribution in [0, 0.1) is 5.92 Å². The fraction of sp³-hybridized carbons (Fsp3) is 0.700. The average molecular weight is 208 g/mol. The molecule has 0 aliphatic heterocycles. The zero-order valence-electron chi connectivity index (χ0n) is 8.61. The van der Waals surface area contributed by atoms with Crippen LogP contribution in [0.5, 0.6) is 0 Å². The summed E-state index contributed by atoms with van der Waals surface area (Å²) in [5.74, 6) is -2.54. The van der Waals surface area contributed by atoms with Crippen LogP contribution in [0.1, 0.15) is 33.6 Å². The highest BCUT2D eigenvalue weighted by Gasteiger charge is 2.41. The van der Waals surface area contributed by atoms with E-state index in [0.717, 1.165) is 5.57 Å². The number of carbonyl (C=O) groups excluding carboxylic acids is 1. The molecule has 0 bridgehead atoms. The van der Waals surface area contributed by atoms with Gasteiger partial charge in [0, 0.05) is 5.92 Å². The number of carbonyl (C=O) groups is 1. The van der Waals surface area contributed by atoms with Crippen LogP contribution in [0.4, 0.5) is 13.2 Å². The lowest BCUT2D eigenvalue weighted by atomic mass is 9.96. The Bertz CT molecular complexity index is 224. The normalized spacial score (nSPS) is 13.6. The second kappa shape index (κ2) is 5.17. The van der Waals surface area contributed by atoms with Crippen molar-refractivity contribution >= 4 is 5.78 Å². The van der Waals surface area contributed by atoms with E-state index in [-0.39, 0.29) is 12.8 Å². The van der Waals surface area contributed by atoms with Gasteiger partial charge in [-0.05, 0) is 26.7 Å². The molecular weight excluding hydrogens is 193 g/mol. The monoisotopic (exact) mass is 208 g/mol. The lowest BCUT2D eigenvalue weighted by molar-refractivity contribution is -0.175. The van der Waals surface area contributed by atoms with Gasteiger partial charge in [0.15, 0.2) is 0 Å². The van der Waals surface area contributed by atoms with Crippen molar-refractivity contribution < 1.29 is 18.0 Å². The molecule has 1 nitrogen and oxygen atoms in total. The summed E-state index contributed by atoms with van der Waals surface area (Å²) in [5.41, 5.74) is 0.929. The molecule has 1 atom stereocenters. The van der Waals surface area contributed by atoms with Crippen LogP contribution >= 0.6 is 0 Å². The summed E-state index contributed by atoms with van der Waals surface area (Å²) < 4.78 is 36.1. The van der Waals surface area contributed by atoms with Crippen LogP contribution < -0.4 is 0 Å². The van der Waals surface area contributed by atoms with Crippen molar-refractivity contribution in [1.82, 2.24) is 0 Å². The Morgan fingerprint density at radius 1 is 1.36 bits per heavy atom. The van der Waals surface area contributed by atoms with Gasteiger partial charge in [0.25, 0.3) is 0 Å². The molecule has 0 N–H and O–H groups in total. The van der Waals surface area contributed by atoms with Crippen LogP contribution in [0.3, 0.4) is 0 Å². The van der Waals surface area contributed by atoms with Gasteiger partial charge in [-0.25, -0.2) is 0 Å². The Hall–Kier alpha value is -0.800. The topological polar surface area (TPSA) is 17.1 Å². The van der Waals surface area contributed by atoms with Crippen LogP contribution in [-0.2, 0) is 4.79 Å². The van der Waals surface area contributed by atoms with Crippen LogP contribution in [0.25, 0.3) is 0 Å². The first-order chi connectivity index (χ1) is 6.29. The van der Waals surface area contributed by atoms with E-state index >= 15 is 0 Å². The number of allylic oxidation sites excluding steroid dienone is 2. The largest absolute Gasteiger partial charge is 0.450 e. The molecule has 14 heavy (non-hydrogen) atoms. The minimum Gasteiger partial charge on any atom is -0.289 e. The zero-order valence-corrected chi connectivity index (χ0v) is 8.61. The van der Waals surface area contributed by atoms with Gasteiger partial charge in [-0.15, -0.1) is 0 Å². The number of halogens is 3. The van der Waals surface area contributed by atoms with Crippen LogP contribution in [0.15, 0.2) is 11.6 Å². The third-order valence-corrected chi connectivity index (χ3v) is 1.95. The number of hydrogen-bond acceptors (Lipinski definition) is 1. The summed E-state index contributed by atoms with van der Waals surface area (Å²) in [6.07, 6.45) is -2.63. The first-order valence-electron chi connectivity index (χ1n) is 4.53. The molecule has 0 saturated carbocycles. The highest BCUT2D eigenvalue weighted by Crippen LogP contribution is 2.25. The van der Waals surface area contributed by atoms with E-state index in [1.165, 1.54) is 0 Å². The van der Waals surface area contributed by atoms with Crippen molar-refractivity contribution in [3.8, 4) is 0 Å². The molecule has 4 heteroatoms. The van der Waals surface area contributed by atoms with Gasteiger partial charge >= 0.3 is 6.18 Å². The van der Waals surface area contributed by atoms with E-state index in [1.807, 2.05) is 0 Å². The predicted octanol–water partition coefficient (Wildman–Crippen LogP) is 3.50. The van der Waals surface area contributed by atoms with Gasteiger partial charge < -0.3 is 0 Å². The molecule has 82 valence electrons. The second-order valence-electron chi connectivity index (χ2n) is 3.48. The Balaban J connectivity index is 4.43. The van der Waals surface area contributed by atoms with E-state index in [1.54, 1.807) is 26.8 Å². The fourth-order valence-electron chi connectivity index (χ4n) is 1.07. The number of alkyl halides is 3. The fourth-order valence-corrected chi connectivity index (χ4v) is 1.07. The minimum atomic E-state index is -4.70. The van der Waals surface area contributed by atoms with Gasteiger partial charge in [-0.2, -0.15) is 13.2 Å². The molecule has 0 rings (SSSR count). The standard InChI is InChI=1S/C10H15F3O/c1-4-8(6-5-7(2)3)9(14)10(11,12)13/h5,8H,4,6H2,1-3H3. The second-order valence-corrected chi connectivity index (χ2v) is 3.48. The number of ketones is 1. The SMILES string of the molecule is CCC(CC=C(C)C)C(=O)C(F)(F)F. The van der Waals surface area contributed by atoms with E-state index in [0.29, 0.717) is 0 Å². The molecule has 1 unspecified atom stereocenters. The average Bonchev–Trinajstić information content (AvgIpc) is 2.03. The Morgan fingerprint density at radius 2 is 1.86 bits per heavy atom. The van der Waals surface area contributed by atoms with Crippen molar-refractivity contribution in [3.63, 3.8) is 0 Å².